The summed E-state index contributed by atoms with van der Waals surface area (Å²) in [7, 11) is 0. The minimum Gasteiger partial charge on any atom is -0.462 e. The molecule has 6 heteroatoms. The second kappa shape index (κ2) is 47.3. The summed E-state index contributed by atoms with van der Waals surface area (Å²) < 4.78 is 16.7. The average Bonchev–Trinajstić information content (AvgIpc) is 3.22. The quantitative estimate of drug-likeness (QED) is 0.0264. The van der Waals surface area contributed by atoms with Crippen LogP contribution in [0.3, 0.4) is 0 Å². The summed E-state index contributed by atoms with van der Waals surface area (Å²) in [5.74, 6) is -0.894. The van der Waals surface area contributed by atoms with Crippen LogP contribution >= 0.6 is 0 Å². The van der Waals surface area contributed by atoms with Gasteiger partial charge in [-0.25, -0.2) is 0 Å². The molecule has 0 aromatic heterocycles. The zero-order valence-electron chi connectivity index (χ0n) is 38.6. The van der Waals surface area contributed by atoms with Crippen molar-refractivity contribution >= 4 is 17.9 Å². The summed E-state index contributed by atoms with van der Waals surface area (Å²) >= 11 is 0. The highest BCUT2D eigenvalue weighted by Crippen LogP contribution is 2.14. The van der Waals surface area contributed by atoms with Crippen LogP contribution in [0.1, 0.15) is 258 Å². The zero-order chi connectivity index (χ0) is 42.3. The van der Waals surface area contributed by atoms with Crippen LogP contribution in [0.4, 0.5) is 0 Å². The number of hydrogen-bond donors (Lipinski definition) is 0. The number of allylic oxidation sites excluding steroid dienone is 6. The van der Waals surface area contributed by atoms with Crippen LogP contribution in [0.2, 0.25) is 0 Å². The number of rotatable bonds is 45. The SMILES string of the molecule is CCCCC/C=C\C/C=C\CCCCCCCC(=O)OC[C@@H](COC(=O)CCCCCCCCCCCCC)OC(=O)CCCCCCC/C=C\CCCCCCC. The molecule has 0 aromatic rings. The standard InChI is InChI=1S/C52H94O6/c1-4-7-10-13-16-19-22-24-26-28-30-33-36-39-42-45-51(54)57-48-49(47-56-50(53)44-41-38-35-32-29-21-18-15-12-9-6-3)58-52(55)46-43-40-37-34-31-27-25-23-20-17-14-11-8-5-2/h16,19,23-26,49H,4-15,17-18,20-22,27-48H2,1-3H3/b19-16-,25-23-,26-24-/t49-/m1/s1. The lowest BCUT2D eigenvalue weighted by Gasteiger charge is -2.18. The Balaban J connectivity index is 4.39. The van der Waals surface area contributed by atoms with E-state index in [9.17, 15) is 14.4 Å². The minimum absolute atomic E-state index is 0.0775. The van der Waals surface area contributed by atoms with E-state index in [4.69, 9.17) is 14.2 Å². The van der Waals surface area contributed by atoms with Gasteiger partial charge in [0.1, 0.15) is 13.2 Å². The maximum Gasteiger partial charge on any atom is 0.306 e. The molecule has 0 amide bonds. The molecule has 0 radical (unpaired) electrons. The van der Waals surface area contributed by atoms with Crippen LogP contribution in [-0.2, 0) is 28.6 Å². The number of carbonyl (C=O) groups excluding carboxylic acids is 3. The molecule has 0 aliphatic heterocycles. The van der Waals surface area contributed by atoms with E-state index in [0.29, 0.717) is 19.3 Å². The lowest BCUT2D eigenvalue weighted by Crippen LogP contribution is -2.30. The van der Waals surface area contributed by atoms with Gasteiger partial charge < -0.3 is 14.2 Å². The van der Waals surface area contributed by atoms with Crippen molar-refractivity contribution in [1.82, 2.24) is 0 Å². The third kappa shape index (κ3) is 44.7. The van der Waals surface area contributed by atoms with Crippen molar-refractivity contribution in [3.8, 4) is 0 Å². The van der Waals surface area contributed by atoms with E-state index in [1.54, 1.807) is 0 Å². The van der Waals surface area contributed by atoms with Crippen LogP contribution in [0.25, 0.3) is 0 Å². The molecule has 0 aliphatic carbocycles. The number of esters is 3. The molecule has 338 valence electrons. The minimum atomic E-state index is -0.777. The van der Waals surface area contributed by atoms with Crippen molar-refractivity contribution in [2.45, 2.75) is 264 Å². The molecule has 0 rings (SSSR count). The van der Waals surface area contributed by atoms with Crippen LogP contribution < -0.4 is 0 Å². The van der Waals surface area contributed by atoms with Gasteiger partial charge in [0.25, 0.3) is 0 Å². The largest absolute Gasteiger partial charge is 0.462 e. The summed E-state index contributed by atoms with van der Waals surface area (Å²) in [5.41, 5.74) is 0. The van der Waals surface area contributed by atoms with Gasteiger partial charge in [-0.1, -0.05) is 198 Å². The Morgan fingerprint density at radius 3 is 1.00 bits per heavy atom. The van der Waals surface area contributed by atoms with Gasteiger partial charge >= 0.3 is 17.9 Å². The van der Waals surface area contributed by atoms with Gasteiger partial charge in [0.15, 0.2) is 6.10 Å². The summed E-state index contributed by atoms with van der Waals surface area (Å²) in [6, 6.07) is 0. The normalized spacial score (nSPS) is 12.3. The van der Waals surface area contributed by atoms with E-state index in [1.807, 2.05) is 0 Å². The molecular weight excluding hydrogens is 721 g/mol. The molecule has 0 aromatic carbocycles. The van der Waals surface area contributed by atoms with E-state index in [-0.39, 0.29) is 31.1 Å². The molecule has 0 aliphatic rings. The van der Waals surface area contributed by atoms with Crippen LogP contribution in [0.15, 0.2) is 36.5 Å². The molecule has 0 spiro atoms. The van der Waals surface area contributed by atoms with Crippen molar-refractivity contribution in [2.24, 2.45) is 0 Å². The van der Waals surface area contributed by atoms with Gasteiger partial charge in [0, 0.05) is 19.3 Å². The van der Waals surface area contributed by atoms with E-state index in [0.717, 1.165) is 89.9 Å². The first kappa shape index (κ1) is 55.6. The number of unbranched alkanes of at least 4 members (excludes halogenated alkanes) is 28. The van der Waals surface area contributed by atoms with Gasteiger partial charge in [-0.2, -0.15) is 0 Å². The Bertz CT molecular complexity index is 984. The van der Waals surface area contributed by atoms with Gasteiger partial charge in [-0.3, -0.25) is 14.4 Å². The first-order chi connectivity index (χ1) is 28.5. The van der Waals surface area contributed by atoms with Gasteiger partial charge in [0.05, 0.1) is 0 Å². The van der Waals surface area contributed by atoms with Crippen LogP contribution in [-0.4, -0.2) is 37.2 Å². The van der Waals surface area contributed by atoms with Crippen LogP contribution in [0.5, 0.6) is 0 Å². The Morgan fingerprint density at radius 2 is 0.621 bits per heavy atom. The Morgan fingerprint density at radius 1 is 0.345 bits per heavy atom. The molecule has 1 atom stereocenters. The highest BCUT2D eigenvalue weighted by molar-refractivity contribution is 5.71. The third-order valence-corrected chi connectivity index (χ3v) is 10.9. The summed E-state index contributed by atoms with van der Waals surface area (Å²) in [6.07, 6.45) is 54.0. The Kier molecular flexibility index (Phi) is 45.4. The number of carbonyl (C=O) groups is 3. The first-order valence-corrected chi connectivity index (χ1v) is 25.0. The van der Waals surface area contributed by atoms with Crippen molar-refractivity contribution in [3.05, 3.63) is 36.5 Å². The maximum absolute atomic E-state index is 12.8. The van der Waals surface area contributed by atoms with E-state index < -0.39 is 6.10 Å². The molecule has 0 saturated heterocycles. The molecule has 6 nitrogen and oxygen atoms in total. The van der Waals surface area contributed by atoms with E-state index in [2.05, 4.69) is 57.2 Å². The lowest BCUT2D eigenvalue weighted by atomic mass is 10.1. The first-order valence-electron chi connectivity index (χ1n) is 25.0. The topological polar surface area (TPSA) is 78.9 Å². The fraction of sp³-hybridized carbons (Fsp3) is 0.827. The lowest BCUT2D eigenvalue weighted by molar-refractivity contribution is -0.167. The van der Waals surface area contributed by atoms with E-state index in [1.165, 1.54) is 128 Å². The molecule has 0 N–H and O–H groups in total. The molecule has 0 saturated carbocycles. The predicted octanol–water partition coefficient (Wildman–Crippen LogP) is 16.1. The number of hydrogen-bond acceptors (Lipinski definition) is 6. The van der Waals surface area contributed by atoms with Gasteiger partial charge in [0.2, 0.25) is 0 Å². The summed E-state index contributed by atoms with van der Waals surface area (Å²) in [6.45, 7) is 6.59. The van der Waals surface area contributed by atoms with Gasteiger partial charge in [-0.05, 0) is 77.0 Å². The molecule has 0 heterocycles. The van der Waals surface area contributed by atoms with Crippen molar-refractivity contribution in [2.75, 3.05) is 13.2 Å². The van der Waals surface area contributed by atoms with Crippen molar-refractivity contribution < 1.29 is 28.6 Å². The molecular formula is C52H94O6. The number of ether oxygens (including phenoxy) is 3. The average molecular weight is 815 g/mol. The fourth-order valence-electron chi connectivity index (χ4n) is 7.05. The molecule has 0 unspecified atom stereocenters. The highest BCUT2D eigenvalue weighted by Gasteiger charge is 2.19. The predicted molar refractivity (Wildman–Crippen MR) is 247 cm³/mol. The third-order valence-electron chi connectivity index (χ3n) is 10.9. The molecule has 0 fully saturated rings. The summed E-state index contributed by atoms with van der Waals surface area (Å²) in [4.78, 5) is 37.9. The molecule has 58 heavy (non-hydrogen) atoms. The maximum atomic E-state index is 12.8. The van der Waals surface area contributed by atoms with E-state index >= 15 is 0 Å². The fourth-order valence-corrected chi connectivity index (χ4v) is 7.05. The second-order valence-electron chi connectivity index (χ2n) is 16.7. The molecule has 0 bridgehead atoms. The smallest absolute Gasteiger partial charge is 0.306 e. The zero-order valence-corrected chi connectivity index (χ0v) is 38.6. The van der Waals surface area contributed by atoms with Crippen molar-refractivity contribution in [1.29, 1.82) is 0 Å². The van der Waals surface area contributed by atoms with Crippen molar-refractivity contribution in [3.63, 3.8) is 0 Å². The Hall–Kier alpha value is -2.37. The summed E-state index contributed by atoms with van der Waals surface area (Å²) in [5, 5.41) is 0. The highest BCUT2D eigenvalue weighted by atomic mass is 16.6. The van der Waals surface area contributed by atoms with Gasteiger partial charge in [-0.15, -0.1) is 0 Å². The Labute approximate surface area is 359 Å². The second-order valence-corrected chi connectivity index (χ2v) is 16.7. The van der Waals surface area contributed by atoms with Crippen LogP contribution in [0, 0.1) is 0 Å². The monoisotopic (exact) mass is 815 g/mol.